The average Bonchev–Trinajstić information content (AvgIpc) is 2.82. The zero-order chi connectivity index (χ0) is 12.5. The van der Waals surface area contributed by atoms with E-state index < -0.39 is 5.97 Å². The molecular formula is C13H9N3O2. The van der Waals surface area contributed by atoms with E-state index in [0.717, 1.165) is 16.6 Å². The number of hydrogen-bond donors (Lipinski definition) is 1. The Morgan fingerprint density at radius 2 is 1.94 bits per heavy atom. The predicted molar refractivity (Wildman–Crippen MR) is 65.8 cm³/mol. The van der Waals surface area contributed by atoms with Gasteiger partial charge >= 0.3 is 5.97 Å². The third kappa shape index (κ3) is 1.62. The van der Waals surface area contributed by atoms with Crippen LogP contribution in [-0.4, -0.2) is 25.8 Å². The Balaban J connectivity index is 2.12. The van der Waals surface area contributed by atoms with E-state index in [1.807, 2.05) is 24.3 Å². The van der Waals surface area contributed by atoms with Crippen molar-refractivity contribution < 1.29 is 9.90 Å². The molecule has 88 valence electrons. The molecule has 0 atom stereocenters. The van der Waals surface area contributed by atoms with E-state index in [1.54, 1.807) is 16.9 Å². The molecule has 0 saturated heterocycles. The maximum Gasteiger partial charge on any atom is 0.354 e. The number of carboxylic acids is 1. The van der Waals surface area contributed by atoms with E-state index in [1.165, 1.54) is 12.3 Å². The molecule has 0 spiro atoms. The highest BCUT2D eigenvalue weighted by Crippen LogP contribution is 2.17. The second-order valence-corrected chi connectivity index (χ2v) is 3.82. The van der Waals surface area contributed by atoms with Crippen LogP contribution in [0.2, 0.25) is 0 Å². The van der Waals surface area contributed by atoms with Gasteiger partial charge in [-0.05, 0) is 18.2 Å². The molecule has 5 heteroatoms. The number of carbonyl (C=O) groups is 1. The molecular weight excluding hydrogens is 230 g/mol. The van der Waals surface area contributed by atoms with E-state index in [0.29, 0.717) is 0 Å². The van der Waals surface area contributed by atoms with Crippen LogP contribution in [0.4, 0.5) is 0 Å². The summed E-state index contributed by atoms with van der Waals surface area (Å²) in [7, 11) is 0. The van der Waals surface area contributed by atoms with Gasteiger partial charge < -0.3 is 5.11 Å². The Labute approximate surface area is 102 Å². The molecule has 0 radical (unpaired) electrons. The minimum absolute atomic E-state index is 0.0233. The van der Waals surface area contributed by atoms with Crippen molar-refractivity contribution in [2.45, 2.75) is 0 Å². The summed E-state index contributed by atoms with van der Waals surface area (Å²) in [4.78, 5) is 14.6. The first kappa shape index (κ1) is 10.5. The van der Waals surface area contributed by atoms with Crippen molar-refractivity contribution in [1.29, 1.82) is 0 Å². The zero-order valence-electron chi connectivity index (χ0n) is 9.32. The minimum Gasteiger partial charge on any atom is -0.477 e. The summed E-state index contributed by atoms with van der Waals surface area (Å²) in [6.45, 7) is 0. The highest BCUT2D eigenvalue weighted by atomic mass is 16.4. The fourth-order valence-corrected chi connectivity index (χ4v) is 1.82. The molecule has 0 fully saturated rings. The molecule has 0 bridgehead atoms. The molecule has 18 heavy (non-hydrogen) atoms. The number of para-hydroxylation sites is 1. The minimum atomic E-state index is -1.04. The van der Waals surface area contributed by atoms with Crippen LogP contribution < -0.4 is 0 Å². The molecule has 0 aliphatic carbocycles. The molecule has 3 aromatic rings. The van der Waals surface area contributed by atoms with E-state index >= 15 is 0 Å². The van der Waals surface area contributed by atoms with E-state index in [2.05, 4.69) is 10.1 Å². The van der Waals surface area contributed by atoms with Gasteiger partial charge in [-0.2, -0.15) is 5.10 Å². The molecule has 1 aromatic carbocycles. The number of aromatic nitrogens is 3. The SMILES string of the molecule is O=C(O)c1ccc(-n2ncc3ccccc32)cn1. The van der Waals surface area contributed by atoms with Crippen molar-refractivity contribution in [3.05, 3.63) is 54.5 Å². The lowest BCUT2D eigenvalue weighted by Gasteiger charge is -2.03. The fourth-order valence-electron chi connectivity index (χ4n) is 1.82. The van der Waals surface area contributed by atoms with E-state index in [-0.39, 0.29) is 5.69 Å². The summed E-state index contributed by atoms with van der Waals surface area (Å²) < 4.78 is 1.73. The lowest BCUT2D eigenvalue weighted by atomic mass is 10.2. The molecule has 3 rings (SSSR count). The number of pyridine rings is 1. The topological polar surface area (TPSA) is 68.0 Å². The van der Waals surface area contributed by atoms with Crippen LogP contribution in [0.5, 0.6) is 0 Å². The second kappa shape index (κ2) is 3.96. The van der Waals surface area contributed by atoms with Gasteiger partial charge in [-0.25, -0.2) is 14.5 Å². The van der Waals surface area contributed by atoms with Gasteiger partial charge in [0.2, 0.25) is 0 Å². The van der Waals surface area contributed by atoms with Gasteiger partial charge in [-0.1, -0.05) is 18.2 Å². The van der Waals surface area contributed by atoms with Crippen LogP contribution in [-0.2, 0) is 0 Å². The van der Waals surface area contributed by atoms with Crippen molar-refractivity contribution >= 4 is 16.9 Å². The molecule has 0 unspecified atom stereocenters. The summed E-state index contributed by atoms with van der Waals surface area (Å²) >= 11 is 0. The van der Waals surface area contributed by atoms with Crippen LogP contribution in [0.15, 0.2) is 48.8 Å². The molecule has 1 N–H and O–H groups in total. The van der Waals surface area contributed by atoms with Crippen LogP contribution in [0.1, 0.15) is 10.5 Å². The number of fused-ring (bicyclic) bond motifs is 1. The quantitative estimate of drug-likeness (QED) is 0.743. The first-order chi connectivity index (χ1) is 8.75. The average molecular weight is 239 g/mol. The van der Waals surface area contributed by atoms with Gasteiger partial charge in [0.1, 0.15) is 5.69 Å². The summed E-state index contributed by atoms with van der Waals surface area (Å²) in [5.41, 5.74) is 1.72. The Morgan fingerprint density at radius 3 is 2.67 bits per heavy atom. The van der Waals surface area contributed by atoms with Crippen LogP contribution >= 0.6 is 0 Å². The lowest BCUT2D eigenvalue weighted by molar-refractivity contribution is 0.0690. The predicted octanol–water partition coefficient (Wildman–Crippen LogP) is 2.12. The normalized spacial score (nSPS) is 10.7. The van der Waals surface area contributed by atoms with E-state index in [9.17, 15) is 4.79 Å². The Bertz CT molecular complexity index is 716. The monoisotopic (exact) mass is 239 g/mol. The van der Waals surface area contributed by atoms with Crippen molar-refractivity contribution in [1.82, 2.24) is 14.8 Å². The van der Waals surface area contributed by atoms with Gasteiger partial charge in [0.05, 0.1) is 23.6 Å². The number of aromatic carboxylic acids is 1. The fraction of sp³-hybridized carbons (Fsp3) is 0. The molecule has 2 aromatic heterocycles. The molecule has 2 heterocycles. The van der Waals surface area contributed by atoms with Crippen LogP contribution in [0.3, 0.4) is 0 Å². The molecule has 0 saturated carbocycles. The van der Waals surface area contributed by atoms with Crippen LogP contribution in [0, 0.1) is 0 Å². The maximum atomic E-state index is 10.7. The Hall–Kier alpha value is -2.69. The third-order valence-electron chi connectivity index (χ3n) is 2.69. The standard InChI is InChI=1S/C13H9N3O2/c17-13(18)11-6-5-10(8-14-11)16-12-4-2-1-3-9(12)7-15-16/h1-8H,(H,17,18). The first-order valence-electron chi connectivity index (χ1n) is 5.38. The summed E-state index contributed by atoms with van der Waals surface area (Å²) in [6, 6.07) is 11.0. The number of benzene rings is 1. The first-order valence-corrected chi connectivity index (χ1v) is 5.38. The summed E-state index contributed by atoms with van der Waals surface area (Å²) in [6.07, 6.45) is 3.27. The number of rotatable bonds is 2. The highest BCUT2D eigenvalue weighted by Gasteiger charge is 2.07. The third-order valence-corrected chi connectivity index (χ3v) is 2.69. The highest BCUT2D eigenvalue weighted by molar-refractivity contribution is 5.85. The number of carboxylic acid groups (broad SMARTS) is 1. The molecule has 0 amide bonds. The van der Waals surface area contributed by atoms with Gasteiger partial charge in [0, 0.05) is 5.39 Å². The Kier molecular flexibility index (Phi) is 2.30. The maximum absolute atomic E-state index is 10.7. The van der Waals surface area contributed by atoms with Gasteiger partial charge in [0.15, 0.2) is 0 Å². The Morgan fingerprint density at radius 1 is 1.11 bits per heavy atom. The molecule has 5 nitrogen and oxygen atoms in total. The van der Waals surface area contributed by atoms with Gasteiger partial charge in [-0.15, -0.1) is 0 Å². The van der Waals surface area contributed by atoms with Gasteiger partial charge in [-0.3, -0.25) is 0 Å². The smallest absolute Gasteiger partial charge is 0.354 e. The summed E-state index contributed by atoms with van der Waals surface area (Å²) in [5, 5.41) is 14.1. The number of hydrogen-bond acceptors (Lipinski definition) is 3. The summed E-state index contributed by atoms with van der Waals surface area (Å²) in [5.74, 6) is -1.04. The van der Waals surface area contributed by atoms with Crippen molar-refractivity contribution in [3.8, 4) is 5.69 Å². The van der Waals surface area contributed by atoms with Crippen molar-refractivity contribution in [2.75, 3.05) is 0 Å². The number of nitrogens with zero attached hydrogens (tertiary/aromatic N) is 3. The molecule has 0 aliphatic heterocycles. The van der Waals surface area contributed by atoms with Crippen molar-refractivity contribution in [2.24, 2.45) is 0 Å². The zero-order valence-corrected chi connectivity index (χ0v) is 9.32. The largest absolute Gasteiger partial charge is 0.477 e. The molecule has 0 aliphatic rings. The van der Waals surface area contributed by atoms with Crippen molar-refractivity contribution in [3.63, 3.8) is 0 Å². The lowest BCUT2D eigenvalue weighted by Crippen LogP contribution is -2.02. The van der Waals surface area contributed by atoms with Crippen LogP contribution in [0.25, 0.3) is 16.6 Å². The second-order valence-electron chi connectivity index (χ2n) is 3.82. The van der Waals surface area contributed by atoms with E-state index in [4.69, 9.17) is 5.11 Å². The van der Waals surface area contributed by atoms with Gasteiger partial charge in [0.25, 0.3) is 0 Å².